The fourth-order valence-corrected chi connectivity index (χ4v) is 3.05. The van der Waals surface area contributed by atoms with Gasteiger partial charge in [0.25, 0.3) is 0 Å². The van der Waals surface area contributed by atoms with Gasteiger partial charge in [0.05, 0.1) is 12.5 Å². The van der Waals surface area contributed by atoms with Gasteiger partial charge in [-0.2, -0.15) is 0 Å². The monoisotopic (exact) mass is 291 g/mol. The van der Waals surface area contributed by atoms with Crippen molar-refractivity contribution in [2.75, 3.05) is 32.9 Å². The van der Waals surface area contributed by atoms with Crippen LogP contribution < -0.4 is 14.8 Å². The summed E-state index contributed by atoms with van der Waals surface area (Å²) in [4.78, 5) is 12.2. The zero-order valence-corrected chi connectivity index (χ0v) is 12.3. The van der Waals surface area contributed by atoms with Crippen LogP contribution in [0.3, 0.4) is 0 Å². The first-order chi connectivity index (χ1) is 10.3. The normalized spacial score (nSPS) is 24.4. The molecule has 3 rings (SSSR count). The number of rotatable bonds is 3. The van der Waals surface area contributed by atoms with E-state index in [4.69, 9.17) is 14.2 Å². The topological polar surface area (TPSA) is 56.8 Å². The van der Waals surface area contributed by atoms with Gasteiger partial charge >= 0.3 is 5.97 Å². The van der Waals surface area contributed by atoms with Crippen molar-refractivity contribution in [1.29, 1.82) is 0 Å². The number of piperidine rings is 1. The Morgan fingerprint density at radius 2 is 2.14 bits per heavy atom. The van der Waals surface area contributed by atoms with Gasteiger partial charge in [0.1, 0.15) is 13.2 Å². The predicted octanol–water partition coefficient (Wildman–Crippen LogP) is 1.71. The summed E-state index contributed by atoms with van der Waals surface area (Å²) in [5, 5.41) is 3.28. The molecule has 0 spiro atoms. The molecule has 2 heterocycles. The van der Waals surface area contributed by atoms with Crippen molar-refractivity contribution >= 4 is 5.97 Å². The minimum absolute atomic E-state index is 0.121. The predicted molar refractivity (Wildman–Crippen MR) is 77.8 cm³/mol. The fourth-order valence-electron chi connectivity index (χ4n) is 3.05. The van der Waals surface area contributed by atoms with Crippen molar-refractivity contribution in [1.82, 2.24) is 5.32 Å². The smallest absolute Gasteiger partial charge is 0.310 e. The van der Waals surface area contributed by atoms with Gasteiger partial charge in [0.2, 0.25) is 0 Å². The maximum Gasteiger partial charge on any atom is 0.310 e. The quantitative estimate of drug-likeness (QED) is 0.859. The Kier molecular flexibility index (Phi) is 4.29. The summed E-state index contributed by atoms with van der Waals surface area (Å²) in [6.45, 7) is 5.00. The van der Waals surface area contributed by atoms with E-state index in [1.807, 2.05) is 25.1 Å². The number of nitrogens with one attached hydrogen (secondary N) is 1. The molecule has 0 radical (unpaired) electrons. The summed E-state index contributed by atoms with van der Waals surface area (Å²) in [6.07, 6.45) is 0.920. The number of benzene rings is 1. The van der Waals surface area contributed by atoms with Gasteiger partial charge in [-0.15, -0.1) is 0 Å². The molecule has 1 saturated heterocycles. The molecular formula is C16H21NO4. The molecule has 0 unspecified atom stereocenters. The highest BCUT2D eigenvalue weighted by atomic mass is 16.6. The molecule has 0 aliphatic carbocycles. The Morgan fingerprint density at radius 3 is 2.95 bits per heavy atom. The molecule has 2 aliphatic rings. The maximum atomic E-state index is 12.2. The van der Waals surface area contributed by atoms with Gasteiger partial charge < -0.3 is 19.5 Å². The third kappa shape index (κ3) is 2.97. The summed E-state index contributed by atoms with van der Waals surface area (Å²) in [6, 6.07) is 5.99. The number of hydrogen-bond donors (Lipinski definition) is 1. The van der Waals surface area contributed by atoms with E-state index in [-0.39, 0.29) is 17.8 Å². The molecule has 0 saturated carbocycles. The standard InChI is InChI=1S/C16H21NO4/c1-2-19-16(18)13-10-17-6-5-12(13)11-3-4-14-15(9-11)21-8-7-20-14/h3-4,9,12-13,17H,2,5-8,10H2,1H3/t12-,13-/m0/s1. The summed E-state index contributed by atoms with van der Waals surface area (Å²) in [5.41, 5.74) is 1.12. The Morgan fingerprint density at radius 1 is 1.33 bits per heavy atom. The van der Waals surface area contributed by atoms with Crippen LogP contribution in [0.4, 0.5) is 0 Å². The zero-order chi connectivity index (χ0) is 14.7. The summed E-state index contributed by atoms with van der Waals surface area (Å²) < 4.78 is 16.4. The van der Waals surface area contributed by atoms with Crippen LogP contribution in [0.25, 0.3) is 0 Å². The summed E-state index contributed by atoms with van der Waals surface area (Å²) >= 11 is 0. The van der Waals surface area contributed by atoms with E-state index in [1.165, 1.54) is 0 Å². The van der Waals surface area contributed by atoms with Crippen molar-refractivity contribution in [3.63, 3.8) is 0 Å². The highest BCUT2D eigenvalue weighted by Crippen LogP contribution is 2.37. The van der Waals surface area contributed by atoms with Crippen LogP contribution in [0.5, 0.6) is 11.5 Å². The van der Waals surface area contributed by atoms with Crippen LogP contribution in [0.1, 0.15) is 24.8 Å². The highest BCUT2D eigenvalue weighted by molar-refractivity contribution is 5.74. The molecule has 1 aromatic carbocycles. The molecule has 1 fully saturated rings. The lowest BCUT2D eigenvalue weighted by Gasteiger charge is -2.31. The van der Waals surface area contributed by atoms with E-state index in [0.29, 0.717) is 26.4 Å². The first-order valence-electron chi connectivity index (χ1n) is 7.56. The number of fused-ring (bicyclic) bond motifs is 1. The molecule has 21 heavy (non-hydrogen) atoms. The molecule has 1 aromatic rings. The minimum atomic E-state index is -0.138. The van der Waals surface area contributed by atoms with E-state index < -0.39 is 0 Å². The molecule has 0 bridgehead atoms. The van der Waals surface area contributed by atoms with Gasteiger partial charge in [-0.05, 0) is 43.5 Å². The van der Waals surface area contributed by atoms with Gasteiger partial charge in [0.15, 0.2) is 11.5 Å². The van der Waals surface area contributed by atoms with Gasteiger partial charge in [-0.1, -0.05) is 6.07 Å². The molecule has 5 heteroatoms. The number of carbonyl (C=O) groups is 1. The lowest BCUT2D eigenvalue weighted by molar-refractivity contribution is -0.149. The third-order valence-corrected chi connectivity index (χ3v) is 4.07. The third-order valence-electron chi connectivity index (χ3n) is 4.07. The SMILES string of the molecule is CCOC(=O)[C@H]1CNCC[C@H]1c1ccc2c(c1)OCCO2. The fraction of sp³-hybridized carbons (Fsp3) is 0.562. The Hall–Kier alpha value is -1.75. The number of esters is 1. The van der Waals surface area contributed by atoms with Crippen LogP contribution in [-0.2, 0) is 9.53 Å². The van der Waals surface area contributed by atoms with Crippen LogP contribution in [0.2, 0.25) is 0 Å². The van der Waals surface area contributed by atoms with Crippen LogP contribution in [0.15, 0.2) is 18.2 Å². The Balaban J connectivity index is 1.84. The van der Waals surface area contributed by atoms with Crippen LogP contribution >= 0.6 is 0 Å². The van der Waals surface area contributed by atoms with E-state index in [2.05, 4.69) is 5.32 Å². The Bertz CT molecular complexity index is 517. The molecule has 5 nitrogen and oxygen atoms in total. The Labute approximate surface area is 124 Å². The van der Waals surface area contributed by atoms with Crippen molar-refractivity contribution in [2.24, 2.45) is 5.92 Å². The van der Waals surface area contributed by atoms with Crippen molar-refractivity contribution < 1.29 is 19.0 Å². The highest BCUT2D eigenvalue weighted by Gasteiger charge is 2.33. The summed E-state index contributed by atoms with van der Waals surface area (Å²) in [7, 11) is 0. The summed E-state index contributed by atoms with van der Waals surface area (Å²) in [5.74, 6) is 1.47. The van der Waals surface area contributed by atoms with Gasteiger partial charge in [0, 0.05) is 6.54 Å². The molecule has 2 atom stereocenters. The number of ether oxygens (including phenoxy) is 3. The molecule has 0 aromatic heterocycles. The van der Waals surface area contributed by atoms with Gasteiger partial charge in [-0.25, -0.2) is 0 Å². The molecule has 2 aliphatic heterocycles. The van der Waals surface area contributed by atoms with Crippen molar-refractivity contribution in [2.45, 2.75) is 19.3 Å². The van der Waals surface area contributed by atoms with Gasteiger partial charge in [-0.3, -0.25) is 4.79 Å². The minimum Gasteiger partial charge on any atom is -0.486 e. The van der Waals surface area contributed by atoms with E-state index in [1.54, 1.807) is 0 Å². The van der Waals surface area contributed by atoms with Crippen molar-refractivity contribution in [3.05, 3.63) is 23.8 Å². The largest absolute Gasteiger partial charge is 0.486 e. The lowest BCUT2D eigenvalue weighted by atomic mass is 9.81. The number of hydrogen-bond acceptors (Lipinski definition) is 5. The van der Waals surface area contributed by atoms with E-state index in [9.17, 15) is 4.79 Å². The average Bonchev–Trinajstić information content (AvgIpc) is 2.54. The molecule has 0 amide bonds. The molecular weight excluding hydrogens is 270 g/mol. The first-order valence-corrected chi connectivity index (χ1v) is 7.56. The van der Waals surface area contributed by atoms with E-state index in [0.717, 1.165) is 30.0 Å². The zero-order valence-electron chi connectivity index (χ0n) is 12.3. The average molecular weight is 291 g/mol. The lowest BCUT2D eigenvalue weighted by Crippen LogP contribution is -2.40. The first kappa shape index (κ1) is 14.2. The number of carbonyl (C=O) groups excluding carboxylic acids is 1. The second-order valence-electron chi connectivity index (χ2n) is 5.36. The van der Waals surface area contributed by atoms with Crippen LogP contribution in [0, 0.1) is 5.92 Å². The second kappa shape index (κ2) is 6.35. The second-order valence-corrected chi connectivity index (χ2v) is 5.36. The van der Waals surface area contributed by atoms with E-state index >= 15 is 0 Å². The van der Waals surface area contributed by atoms with Crippen LogP contribution in [-0.4, -0.2) is 38.9 Å². The van der Waals surface area contributed by atoms with Crippen molar-refractivity contribution in [3.8, 4) is 11.5 Å². The molecule has 1 N–H and O–H groups in total. The molecule has 114 valence electrons. The maximum absolute atomic E-state index is 12.2.